The summed E-state index contributed by atoms with van der Waals surface area (Å²) >= 11 is 7.55. The number of nitrogens with zero attached hydrogens (tertiary/aromatic N) is 1. The van der Waals surface area contributed by atoms with Gasteiger partial charge < -0.3 is 10.2 Å². The van der Waals surface area contributed by atoms with Gasteiger partial charge in [0.2, 0.25) is 11.8 Å². The second-order valence-electron chi connectivity index (χ2n) is 9.15. The Morgan fingerprint density at radius 3 is 2.19 bits per heavy atom. The third-order valence-electron chi connectivity index (χ3n) is 6.15. The fourth-order valence-corrected chi connectivity index (χ4v) is 4.80. The van der Waals surface area contributed by atoms with Crippen molar-refractivity contribution in [3.8, 4) is 0 Å². The van der Waals surface area contributed by atoms with Crippen LogP contribution < -0.4 is 5.32 Å². The van der Waals surface area contributed by atoms with Crippen LogP contribution in [0, 0.1) is 6.92 Å². The number of carbonyl (C=O) groups is 2. The highest BCUT2D eigenvalue weighted by Gasteiger charge is 2.30. The van der Waals surface area contributed by atoms with Crippen LogP contribution in [-0.4, -0.2) is 34.6 Å². The van der Waals surface area contributed by atoms with Crippen LogP contribution in [0.25, 0.3) is 0 Å². The Morgan fingerprint density at radius 1 is 0.917 bits per heavy atom. The van der Waals surface area contributed by atoms with Crippen molar-refractivity contribution in [1.29, 1.82) is 0 Å². The Labute approximate surface area is 224 Å². The fraction of sp³-hybridized carbons (Fsp3) is 0.333. The van der Waals surface area contributed by atoms with E-state index < -0.39 is 6.04 Å². The van der Waals surface area contributed by atoms with Gasteiger partial charge >= 0.3 is 0 Å². The summed E-state index contributed by atoms with van der Waals surface area (Å²) in [6.07, 6.45) is 1.29. The van der Waals surface area contributed by atoms with E-state index in [2.05, 4.69) is 5.32 Å². The molecule has 3 aromatic rings. The molecule has 190 valence electrons. The first-order valence-electron chi connectivity index (χ1n) is 12.4. The van der Waals surface area contributed by atoms with E-state index in [1.807, 2.05) is 99.6 Å². The molecule has 3 aromatic carbocycles. The number of rotatable bonds is 12. The Kier molecular flexibility index (Phi) is 10.9. The SMILES string of the molecule is CC[C@H](C)NC(=O)[C@@H](Cc1ccccc1)N(Cc1ccc(C)cc1)C(=O)CSCc1ccc(Cl)cc1. The highest BCUT2D eigenvalue weighted by Crippen LogP contribution is 2.20. The van der Waals surface area contributed by atoms with Gasteiger partial charge in [0.05, 0.1) is 5.75 Å². The van der Waals surface area contributed by atoms with Crippen molar-refractivity contribution in [2.75, 3.05) is 5.75 Å². The first-order valence-corrected chi connectivity index (χ1v) is 13.9. The molecule has 0 aliphatic carbocycles. The lowest BCUT2D eigenvalue weighted by molar-refractivity contribution is -0.139. The maximum atomic E-state index is 13.7. The zero-order valence-electron chi connectivity index (χ0n) is 21.2. The average Bonchev–Trinajstić information content (AvgIpc) is 2.88. The molecule has 2 amide bonds. The Bertz CT molecular complexity index is 1100. The lowest BCUT2D eigenvalue weighted by Gasteiger charge is -2.32. The number of benzene rings is 3. The zero-order valence-corrected chi connectivity index (χ0v) is 22.8. The monoisotopic (exact) mass is 522 g/mol. The largest absolute Gasteiger partial charge is 0.352 e. The summed E-state index contributed by atoms with van der Waals surface area (Å²) in [7, 11) is 0. The lowest BCUT2D eigenvalue weighted by atomic mass is 10.0. The number of hydrogen-bond acceptors (Lipinski definition) is 3. The van der Waals surface area contributed by atoms with Gasteiger partial charge in [-0.1, -0.05) is 90.8 Å². The molecule has 2 atom stereocenters. The van der Waals surface area contributed by atoms with E-state index in [-0.39, 0.29) is 23.6 Å². The standard InChI is InChI=1S/C30H35ClN2O2S/c1-4-23(3)32-30(35)28(18-24-8-6-5-7-9-24)33(19-25-12-10-22(2)11-13-25)29(34)21-36-20-26-14-16-27(31)17-15-26/h5-17,23,28H,4,18-21H2,1-3H3,(H,32,35)/t23-,28+/m0/s1. The number of nitrogens with one attached hydrogen (secondary N) is 1. The molecule has 4 nitrogen and oxygen atoms in total. The summed E-state index contributed by atoms with van der Waals surface area (Å²) in [5, 5.41) is 3.81. The van der Waals surface area contributed by atoms with Gasteiger partial charge in [0, 0.05) is 29.8 Å². The van der Waals surface area contributed by atoms with Gasteiger partial charge in [-0.15, -0.1) is 11.8 Å². The van der Waals surface area contributed by atoms with Crippen molar-refractivity contribution < 1.29 is 9.59 Å². The number of carbonyl (C=O) groups excluding carboxylic acids is 2. The Morgan fingerprint density at radius 2 is 1.56 bits per heavy atom. The number of thioether (sulfide) groups is 1. The number of amides is 2. The van der Waals surface area contributed by atoms with Crippen molar-refractivity contribution in [1.82, 2.24) is 10.2 Å². The molecule has 0 aromatic heterocycles. The molecule has 1 N–H and O–H groups in total. The minimum absolute atomic E-state index is 0.0337. The van der Waals surface area contributed by atoms with E-state index in [1.165, 1.54) is 0 Å². The maximum absolute atomic E-state index is 13.7. The van der Waals surface area contributed by atoms with Gasteiger partial charge in [0.25, 0.3) is 0 Å². The van der Waals surface area contributed by atoms with Gasteiger partial charge in [0.15, 0.2) is 0 Å². The van der Waals surface area contributed by atoms with Crippen LogP contribution in [0.15, 0.2) is 78.9 Å². The van der Waals surface area contributed by atoms with E-state index >= 15 is 0 Å². The predicted molar refractivity (Wildman–Crippen MR) is 151 cm³/mol. The maximum Gasteiger partial charge on any atom is 0.243 e. The van der Waals surface area contributed by atoms with Crippen molar-refractivity contribution in [2.24, 2.45) is 0 Å². The van der Waals surface area contributed by atoms with E-state index in [1.54, 1.807) is 16.7 Å². The molecule has 0 bridgehead atoms. The summed E-state index contributed by atoms with van der Waals surface area (Å²) in [4.78, 5) is 28.9. The molecular formula is C30H35ClN2O2S. The molecule has 36 heavy (non-hydrogen) atoms. The quantitative estimate of drug-likeness (QED) is 0.298. The Hall–Kier alpha value is -2.76. The van der Waals surface area contributed by atoms with Crippen LogP contribution in [0.3, 0.4) is 0 Å². The average molecular weight is 523 g/mol. The van der Waals surface area contributed by atoms with Crippen molar-refractivity contribution in [2.45, 2.75) is 58.0 Å². The highest BCUT2D eigenvalue weighted by molar-refractivity contribution is 7.99. The number of halogens is 1. The smallest absolute Gasteiger partial charge is 0.243 e. The molecule has 0 aliphatic rings. The summed E-state index contributed by atoms with van der Waals surface area (Å²) < 4.78 is 0. The topological polar surface area (TPSA) is 49.4 Å². The van der Waals surface area contributed by atoms with Crippen LogP contribution in [0.2, 0.25) is 5.02 Å². The van der Waals surface area contributed by atoms with Crippen molar-refractivity contribution in [3.05, 3.63) is 106 Å². The van der Waals surface area contributed by atoms with Gasteiger partial charge in [-0.3, -0.25) is 9.59 Å². The first-order chi connectivity index (χ1) is 17.4. The molecule has 3 rings (SSSR count). The third kappa shape index (κ3) is 8.72. The van der Waals surface area contributed by atoms with Gasteiger partial charge in [-0.2, -0.15) is 0 Å². The highest BCUT2D eigenvalue weighted by atomic mass is 35.5. The molecule has 6 heteroatoms. The molecular weight excluding hydrogens is 488 g/mol. The van der Waals surface area contributed by atoms with Crippen molar-refractivity contribution >= 4 is 35.2 Å². The normalized spacial score (nSPS) is 12.6. The van der Waals surface area contributed by atoms with Gasteiger partial charge in [-0.05, 0) is 49.1 Å². The van der Waals surface area contributed by atoms with E-state index in [4.69, 9.17) is 11.6 Å². The van der Waals surface area contributed by atoms with Crippen LogP contribution in [0.5, 0.6) is 0 Å². The van der Waals surface area contributed by atoms with Gasteiger partial charge in [0.1, 0.15) is 6.04 Å². The number of aryl methyl sites for hydroxylation is 1. The van der Waals surface area contributed by atoms with E-state index in [9.17, 15) is 9.59 Å². The second-order valence-corrected chi connectivity index (χ2v) is 10.6. The van der Waals surface area contributed by atoms with Crippen LogP contribution in [0.4, 0.5) is 0 Å². The molecule has 0 fully saturated rings. The summed E-state index contributed by atoms with van der Waals surface area (Å²) in [6, 6.07) is 25.1. The van der Waals surface area contributed by atoms with Crippen LogP contribution >= 0.6 is 23.4 Å². The molecule has 0 spiro atoms. The summed E-state index contributed by atoms with van der Waals surface area (Å²) in [6.45, 7) is 6.45. The van der Waals surface area contributed by atoms with Gasteiger partial charge in [-0.25, -0.2) is 0 Å². The second kappa shape index (κ2) is 14.1. The molecule has 0 aliphatic heterocycles. The van der Waals surface area contributed by atoms with Crippen LogP contribution in [-0.2, 0) is 28.3 Å². The summed E-state index contributed by atoms with van der Waals surface area (Å²) in [5.41, 5.74) is 4.30. The Balaban J connectivity index is 1.84. The molecule has 0 heterocycles. The molecule has 0 radical (unpaired) electrons. The fourth-order valence-electron chi connectivity index (χ4n) is 3.80. The van der Waals surface area contributed by atoms with Crippen LogP contribution in [0.1, 0.15) is 42.5 Å². The zero-order chi connectivity index (χ0) is 25.9. The lowest BCUT2D eigenvalue weighted by Crippen LogP contribution is -2.52. The number of hydrogen-bond donors (Lipinski definition) is 1. The van der Waals surface area contributed by atoms with E-state index in [0.717, 1.165) is 28.7 Å². The summed E-state index contributed by atoms with van der Waals surface area (Å²) in [5.74, 6) is 0.825. The molecule has 0 saturated heterocycles. The van der Waals surface area contributed by atoms with E-state index in [0.29, 0.717) is 23.7 Å². The molecule has 0 saturated carbocycles. The third-order valence-corrected chi connectivity index (χ3v) is 7.39. The minimum atomic E-state index is -0.605. The molecule has 0 unspecified atom stereocenters. The minimum Gasteiger partial charge on any atom is -0.352 e. The predicted octanol–water partition coefficient (Wildman–Crippen LogP) is 6.44. The first kappa shape index (κ1) is 27.8. The van der Waals surface area contributed by atoms with Crippen molar-refractivity contribution in [3.63, 3.8) is 0 Å².